The number of nitrogens with one attached hydrogen (secondary N) is 4. The second-order valence-electron chi connectivity index (χ2n) is 9.28. The SMILES string of the molecule is Nc1c(NCc2cc(CNC(=O)c3cc(C(=O)NCc4ccc(C(=O)O)cc4)n4c(=O)[nH]nc4n3)ccc2F)c(=O)c1=O. The third kappa shape index (κ3) is 5.69. The summed E-state index contributed by atoms with van der Waals surface area (Å²) in [4.78, 5) is 76.2. The van der Waals surface area contributed by atoms with Crippen LogP contribution in [0.2, 0.25) is 0 Å². The molecule has 0 saturated carbocycles. The number of nitrogens with two attached hydrogens (primary N) is 1. The van der Waals surface area contributed by atoms with Crippen LogP contribution in [0.4, 0.5) is 15.8 Å². The average Bonchev–Trinajstić information content (AvgIpc) is 3.39. The van der Waals surface area contributed by atoms with Crippen molar-refractivity contribution in [2.24, 2.45) is 0 Å². The van der Waals surface area contributed by atoms with E-state index < -0.39 is 40.1 Å². The maximum atomic E-state index is 14.3. The second kappa shape index (κ2) is 11.4. The Morgan fingerprint density at radius 2 is 1.58 bits per heavy atom. The van der Waals surface area contributed by atoms with Crippen LogP contribution in [-0.4, -0.2) is 42.5 Å². The molecule has 0 saturated heterocycles. The number of rotatable bonds is 10. The Morgan fingerprint density at radius 1 is 0.907 bits per heavy atom. The van der Waals surface area contributed by atoms with Crippen molar-refractivity contribution in [2.45, 2.75) is 19.6 Å². The summed E-state index contributed by atoms with van der Waals surface area (Å²) < 4.78 is 15.2. The number of hydrogen-bond acceptors (Lipinski definition) is 10. The largest absolute Gasteiger partial charge is 0.478 e. The Labute approximate surface area is 238 Å². The number of carbonyl (C=O) groups is 3. The molecule has 218 valence electrons. The average molecular weight is 589 g/mol. The first kappa shape index (κ1) is 28.3. The minimum Gasteiger partial charge on any atom is -0.478 e. The van der Waals surface area contributed by atoms with Crippen LogP contribution in [0.25, 0.3) is 5.78 Å². The van der Waals surface area contributed by atoms with E-state index in [1.54, 1.807) is 0 Å². The van der Waals surface area contributed by atoms with E-state index in [1.807, 2.05) is 0 Å². The van der Waals surface area contributed by atoms with Gasteiger partial charge >= 0.3 is 11.7 Å². The first-order chi connectivity index (χ1) is 20.5. The number of aromatic carboxylic acids is 1. The number of benzene rings is 2. The first-order valence-corrected chi connectivity index (χ1v) is 12.5. The lowest BCUT2D eigenvalue weighted by molar-refractivity contribution is 0.0696. The molecular weight excluding hydrogens is 567 g/mol. The fraction of sp³-hybridized carbons (Fsp3) is 0.111. The van der Waals surface area contributed by atoms with Gasteiger partial charge in [0.05, 0.1) is 5.56 Å². The maximum absolute atomic E-state index is 14.3. The zero-order valence-electron chi connectivity index (χ0n) is 21.9. The number of halogens is 1. The summed E-state index contributed by atoms with van der Waals surface area (Å²) in [6, 6.07) is 10.9. The monoisotopic (exact) mass is 588 g/mol. The smallest absolute Gasteiger partial charge is 0.349 e. The lowest BCUT2D eigenvalue weighted by Gasteiger charge is -2.12. The number of nitrogens with zero attached hydrogens (tertiary/aromatic N) is 3. The zero-order valence-corrected chi connectivity index (χ0v) is 21.9. The van der Waals surface area contributed by atoms with Crippen LogP contribution < -0.4 is 38.2 Å². The second-order valence-corrected chi connectivity index (χ2v) is 9.28. The number of fused-ring (bicyclic) bond motifs is 1. The molecule has 5 rings (SSSR count). The number of carboxylic acid groups (broad SMARTS) is 1. The molecule has 2 aromatic heterocycles. The number of aromatic nitrogens is 4. The molecule has 5 aromatic rings. The lowest BCUT2D eigenvalue weighted by atomic mass is 10.1. The van der Waals surface area contributed by atoms with Crippen molar-refractivity contribution in [1.29, 1.82) is 0 Å². The van der Waals surface area contributed by atoms with E-state index in [9.17, 15) is 33.2 Å². The summed E-state index contributed by atoms with van der Waals surface area (Å²) in [5.74, 6) is -3.38. The predicted octanol–water partition coefficient (Wildman–Crippen LogP) is -0.0948. The van der Waals surface area contributed by atoms with Gasteiger partial charge in [0.1, 0.15) is 28.6 Å². The van der Waals surface area contributed by atoms with Crippen LogP contribution in [0.15, 0.2) is 62.9 Å². The molecule has 0 radical (unpaired) electrons. The number of anilines is 2. The van der Waals surface area contributed by atoms with Gasteiger partial charge < -0.3 is 26.8 Å². The molecule has 15 nitrogen and oxygen atoms in total. The fourth-order valence-corrected chi connectivity index (χ4v) is 4.15. The summed E-state index contributed by atoms with van der Waals surface area (Å²) in [5.41, 5.74) is 3.64. The molecule has 0 aliphatic rings. The molecular formula is C27H21FN8O7. The minimum absolute atomic E-state index is 0.00716. The van der Waals surface area contributed by atoms with Crippen LogP contribution in [0, 0.1) is 5.82 Å². The molecule has 0 fully saturated rings. The molecule has 0 atom stereocenters. The van der Waals surface area contributed by atoms with Gasteiger partial charge in [0.2, 0.25) is 0 Å². The Balaban J connectivity index is 1.29. The lowest BCUT2D eigenvalue weighted by Crippen LogP contribution is -2.37. The zero-order chi connectivity index (χ0) is 30.8. The van der Waals surface area contributed by atoms with Crippen LogP contribution in [0.1, 0.15) is 48.0 Å². The van der Waals surface area contributed by atoms with Crippen molar-refractivity contribution in [3.63, 3.8) is 0 Å². The predicted molar refractivity (Wildman–Crippen MR) is 149 cm³/mol. The van der Waals surface area contributed by atoms with Gasteiger partial charge in [0.25, 0.3) is 28.4 Å². The van der Waals surface area contributed by atoms with Crippen molar-refractivity contribution in [2.75, 3.05) is 11.1 Å². The van der Waals surface area contributed by atoms with Gasteiger partial charge in [-0.05, 0) is 41.5 Å². The van der Waals surface area contributed by atoms with E-state index in [4.69, 9.17) is 10.8 Å². The Hall–Kier alpha value is -6.19. The van der Waals surface area contributed by atoms with Crippen LogP contribution >= 0.6 is 0 Å². The quantitative estimate of drug-likeness (QED) is 0.118. The van der Waals surface area contributed by atoms with E-state index in [0.717, 1.165) is 10.5 Å². The van der Waals surface area contributed by atoms with Crippen LogP contribution in [-0.2, 0) is 19.6 Å². The third-order valence-electron chi connectivity index (χ3n) is 6.47. The molecule has 16 heteroatoms. The molecule has 43 heavy (non-hydrogen) atoms. The molecule has 7 N–H and O–H groups in total. The van der Waals surface area contributed by atoms with Gasteiger partial charge in [0.15, 0.2) is 0 Å². The summed E-state index contributed by atoms with van der Waals surface area (Å²) in [6.45, 7) is -0.230. The maximum Gasteiger partial charge on any atom is 0.349 e. The Morgan fingerprint density at radius 3 is 2.28 bits per heavy atom. The molecule has 3 aromatic carbocycles. The molecule has 2 amide bonds. The van der Waals surface area contributed by atoms with Gasteiger partial charge in [-0.25, -0.2) is 28.5 Å². The fourth-order valence-electron chi connectivity index (χ4n) is 4.15. The van der Waals surface area contributed by atoms with Crippen molar-refractivity contribution >= 4 is 34.9 Å². The molecule has 0 unspecified atom stereocenters. The summed E-state index contributed by atoms with van der Waals surface area (Å²) in [7, 11) is 0. The van der Waals surface area contributed by atoms with Gasteiger partial charge in [-0.3, -0.25) is 19.2 Å². The van der Waals surface area contributed by atoms with Crippen molar-refractivity contribution in [3.05, 3.63) is 119 Å². The van der Waals surface area contributed by atoms with Gasteiger partial charge in [-0.2, -0.15) is 0 Å². The summed E-state index contributed by atoms with van der Waals surface area (Å²) in [6.07, 6.45) is 0. The van der Waals surface area contributed by atoms with E-state index in [-0.39, 0.29) is 59.3 Å². The highest BCUT2D eigenvalue weighted by Gasteiger charge is 2.20. The van der Waals surface area contributed by atoms with E-state index in [0.29, 0.717) is 11.1 Å². The Bertz CT molecular complexity index is 2040. The van der Waals surface area contributed by atoms with Crippen LogP contribution in [0.3, 0.4) is 0 Å². The van der Waals surface area contributed by atoms with Crippen molar-refractivity contribution in [1.82, 2.24) is 30.2 Å². The number of H-pyrrole nitrogens is 1. The number of amides is 2. The highest BCUT2D eigenvalue weighted by atomic mass is 19.1. The van der Waals surface area contributed by atoms with E-state index in [1.165, 1.54) is 42.5 Å². The minimum atomic E-state index is -1.10. The topological polar surface area (TPSA) is 231 Å². The van der Waals surface area contributed by atoms with Gasteiger partial charge in [-0.1, -0.05) is 18.2 Å². The molecule has 0 aliphatic heterocycles. The number of carboxylic acids is 1. The molecule has 0 bridgehead atoms. The number of nitrogen functional groups attached to an aromatic ring is 1. The molecule has 2 heterocycles. The van der Waals surface area contributed by atoms with Gasteiger partial charge in [0, 0.05) is 25.2 Å². The highest BCUT2D eigenvalue weighted by Crippen LogP contribution is 2.16. The molecule has 0 spiro atoms. The number of hydrogen-bond donors (Lipinski definition) is 6. The summed E-state index contributed by atoms with van der Waals surface area (Å²) >= 11 is 0. The highest BCUT2D eigenvalue weighted by molar-refractivity contribution is 5.98. The Kier molecular flexibility index (Phi) is 7.49. The van der Waals surface area contributed by atoms with Gasteiger partial charge in [-0.15, -0.1) is 5.10 Å². The number of carbonyl (C=O) groups excluding carboxylic acids is 2. The van der Waals surface area contributed by atoms with Crippen molar-refractivity contribution in [3.8, 4) is 0 Å². The van der Waals surface area contributed by atoms with E-state index in [2.05, 4.69) is 31.1 Å². The third-order valence-corrected chi connectivity index (χ3v) is 6.47. The van der Waals surface area contributed by atoms with Crippen molar-refractivity contribution < 1.29 is 23.9 Å². The first-order valence-electron chi connectivity index (χ1n) is 12.5. The normalized spacial score (nSPS) is 11.0. The molecule has 0 aliphatic carbocycles. The summed E-state index contributed by atoms with van der Waals surface area (Å²) in [5, 5.41) is 22.8. The van der Waals surface area contributed by atoms with Crippen LogP contribution in [0.5, 0.6) is 0 Å². The number of aromatic amines is 1. The standard InChI is InChI=1S/C27H21FN8O7/c28-16-6-3-13(7-15(16)11-30-20-19(29)21(37)22(20)38)10-31-23(39)17-8-18(36-26(33-17)34-35-27(36)43)24(40)32-9-12-1-4-14(5-2-12)25(41)42/h1-8,30H,9-11,29H2,(H,31,39)(H,32,40)(H,35,43)(H,41,42). The van der Waals surface area contributed by atoms with E-state index >= 15 is 0 Å².